The Morgan fingerprint density at radius 2 is 1.76 bits per heavy atom. The first-order valence-corrected chi connectivity index (χ1v) is 9.24. The number of benzene rings is 1. The van der Waals surface area contributed by atoms with E-state index in [1.165, 1.54) is 6.07 Å². The van der Waals surface area contributed by atoms with E-state index in [9.17, 15) is 14.0 Å². The van der Waals surface area contributed by atoms with Crippen molar-refractivity contribution in [3.05, 3.63) is 35.1 Å². The van der Waals surface area contributed by atoms with Crippen LogP contribution in [0.3, 0.4) is 0 Å². The maximum Gasteiger partial charge on any atom is 0.318 e. The maximum atomic E-state index is 13.3. The Balaban J connectivity index is 1.31. The minimum atomic E-state index is -0.224. The monoisotopic (exact) mass is 345 g/mol. The lowest BCUT2D eigenvalue weighted by Crippen LogP contribution is -2.54. The third-order valence-electron chi connectivity index (χ3n) is 5.81. The standard InChI is InChI=1S/C19H24FN3O2/c20-15-5-6-16-14(12-15)4-7-17(16)21-19(25)23-10-8-22(9-11-23)18(24)13-2-1-3-13/h5-6,12-13,17H,1-4,7-11H2,(H,21,25)/t17-/m1/s1. The van der Waals surface area contributed by atoms with Crippen LogP contribution in [0.1, 0.15) is 42.9 Å². The molecular formula is C19H24FN3O2. The zero-order valence-electron chi connectivity index (χ0n) is 14.3. The molecule has 2 fully saturated rings. The molecule has 6 heteroatoms. The highest BCUT2D eigenvalue weighted by Gasteiger charge is 2.33. The lowest BCUT2D eigenvalue weighted by molar-refractivity contribution is -0.139. The zero-order valence-corrected chi connectivity index (χ0v) is 14.3. The third kappa shape index (κ3) is 3.22. The molecule has 1 saturated heterocycles. The van der Waals surface area contributed by atoms with E-state index in [0.717, 1.165) is 43.2 Å². The molecule has 3 amide bonds. The molecule has 2 aliphatic carbocycles. The van der Waals surface area contributed by atoms with Gasteiger partial charge in [-0.3, -0.25) is 4.79 Å². The largest absolute Gasteiger partial charge is 0.339 e. The molecular weight excluding hydrogens is 321 g/mol. The highest BCUT2D eigenvalue weighted by Crippen LogP contribution is 2.32. The van der Waals surface area contributed by atoms with E-state index >= 15 is 0 Å². The van der Waals surface area contributed by atoms with Crippen LogP contribution in [-0.2, 0) is 11.2 Å². The molecule has 1 aromatic rings. The summed E-state index contributed by atoms with van der Waals surface area (Å²) in [5, 5.41) is 3.07. The van der Waals surface area contributed by atoms with Gasteiger partial charge in [0.05, 0.1) is 6.04 Å². The number of carbonyl (C=O) groups excluding carboxylic acids is 2. The third-order valence-corrected chi connectivity index (χ3v) is 5.81. The van der Waals surface area contributed by atoms with Gasteiger partial charge in [-0.15, -0.1) is 0 Å². The number of halogens is 1. The molecule has 25 heavy (non-hydrogen) atoms. The Bertz CT molecular complexity index is 681. The maximum absolute atomic E-state index is 13.3. The molecule has 1 saturated carbocycles. The summed E-state index contributed by atoms with van der Waals surface area (Å²) in [6, 6.07) is 4.66. The van der Waals surface area contributed by atoms with Gasteiger partial charge in [0.2, 0.25) is 5.91 Å². The molecule has 1 atom stereocenters. The van der Waals surface area contributed by atoms with E-state index in [4.69, 9.17) is 0 Å². The van der Waals surface area contributed by atoms with Crippen molar-refractivity contribution in [3.63, 3.8) is 0 Å². The number of piperazine rings is 1. The van der Waals surface area contributed by atoms with Gasteiger partial charge < -0.3 is 15.1 Å². The first-order valence-electron chi connectivity index (χ1n) is 9.24. The van der Waals surface area contributed by atoms with Crippen LogP contribution in [0.25, 0.3) is 0 Å². The summed E-state index contributed by atoms with van der Waals surface area (Å²) < 4.78 is 13.3. The number of hydrogen-bond acceptors (Lipinski definition) is 2. The summed E-state index contributed by atoms with van der Waals surface area (Å²) in [7, 11) is 0. The van der Waals surface area contributed by atoms with Gasteiger partial charge >= 0.3 is 6.03 Å². The van der Waals surface area contributed by atoms with Gasteiger partial charge in [0, 0.05) is 32.1 Å². The SMILES string of the molecule is O=C(N[C@@H]1CCc2cc(F)ccc21)N1CCN(C(=O)C2CCC2)CC1. The normalized spacial score (nSPS) is 23.2. The van der Waals surface area contributed by atoms with Crippen LogP contribution in [0.15, 0.2) is 18.2 Å². The lowest BCUT2D eigenvalue weighted by atomic mass is 9.84. The summed E-state index contributed by atoms with van der Waals surface area (Å²) in [6.45, 7) is 2.39. The Kier molecular flexibility index (Phi) is 4.36. The smallest absolute Gasteiger partial charge is 0.318 e. The van der Waals surface area contributed by atoms with Crippen LogP contribution in [0.5, 0.6) is 0 Å². The second-order valence-corrected chi connectivity index (χ2v) is 7.32. The number of hydrogen-bond donors (Lipinski definition) is 1. The van der Waals surface area contributed by atoms with Gasteiger partial charge in [0.15, 0.2) is 0 Å². The van der Waals surface area contributed by atoms with E-state index in [1.807, 2.05) is 4.90 Å². The van der Waals surface area contributed by atoms with Gasteiger partial charge in [-0.25, -0.2) is 9.18 Å². The summed E-state index contributed by atoms with van der Waals surface area (Å²) in [5.41, 5.74) is 2.01. The number of fused-ring (bicyclic) bond motifs is 1. The molecule has 1 aromatic carbocycles. The van der Waals surface area contributed by atoms with Crippen molar-refractivity contribution < 1.29 is 14.0 Å². The molecule has 0 unspecified atom stereocenters. The minimum Gasteiger partial charge on any atom is -0.339 e. The number of amides is 3. The van der Waals surface area contributed by atoms with E-state index in [-0.39, 0.29) is 29.7 Å². The first kappa shape index (κ1) is 16.4. The fourth-order valence-electron chi connectivity index (χ4n) is 4.02. The van der Waals surface area contributed by atoms with Crippen molar-refractivity contribution in [2.45, 2.75) is 38.1 Å². The summed E-state index contributed by atoms with van der Waals surface area (Å²) >= 11 is 0. The molecule has 134 valence electrons. The average molecular weight is 345 g/mol. The van der Waals surface area contributed by atoms with Gasteiger partial charge in [-0.1, -0.05) is 12.5 Å². The molecule has 4 rings (SSSR count). The van der Waals surface area contributed by atoms with Crippen molar-refractivity contribution >= 4 is 11.9 Å². The second-order valence-electron chi connectivity index (χ2n) is 7.32. The predicted octanol–water partition coefficient (Wildman–Crippen LogP) is 2.47. The number of nitrogens with one attached hydrogen (secondary N) is 1. The highest BCUT2D eigenvalue weighted by atomic mass is 19.1. The number of aryl methyl sites for hydroxylation is 1. The number of nitrogens with zero attached hydrogens (tertiary/aromatic N) is 2. The Labute approximate surface area is 147 Å². The van der Waals surface area contributed by atoms with Crippen LogP contribution in [0, 0.1) is 11.7 Å². The van der Waals surface area contributed by atoms with Crippen molar-refractivity contribution in [1.29, 1.82) is 0 Å². The number of rotatable bonds is 2. The van der Waals surface area contributed by atoms with E-state index in [0.29, 0.717) is 26.2 Å². The lowest BCUT2D eigenvalue weighted by Gasteiger charge is -2.38. The van der Waals surface area contributed by atoms with Crippen LogP contribution < -0.4 is 5.32 Å². The Morgan fingerprint density at radius 3 is 2.44 bits per heavy atom. The predicted molar refractivity (Wildman–Crippen MR) is 91.5 cm³/mol. The minimum absolute atomic E-state index is 0.0438. The summed E-state index contributed by atoms with van der Waals surface area (Å²) in [6.07, 6.45) is 4.79. The zero-order chi connectivity index (χ0) is 17.4. The van der Waals surface area contributed by atoms with E-state index < -0.39 is 0 Å². The Morgan fingerprint density at radius 1 is 1.04 bits per heavy atom. The highest BCUT2D eigenvalue weighted by molar-refractivity contribution is 5.80. The molecule has 0 spiro atoms. The number of carbonyl (C=O) groups is 2. The molecule has 0 bridgehead atoms. The Hall–Kier alpha value is -2.11. The van der Waals surface area contributed by atoms with Crippen LogP contribution in [0.4, 0.5) is 9.18 Å². The van der Waals surface area contributed by atoms with Crippen LogP contribution in [-0.4, -0.2) is 47.9 Å². The van der Waals surface area contributed by atoms with Gasteiger partial charge in [-0.2, -0.15) is 0 Å². The first-order chi connectivity index (χ1) is 12.1. The topological polar surface area (TPSA) is 52.7 Å². The van der Waals surface area contributed by atoms with Crippen molar-refractivity contribution in [1.82, 2.24) is 15.1 Å². The fourth-order valence-corrected chi connectivity index (χ4v) is 4.02. The number of urea groups is 1. The van der Waals surface area contributed by atoms with E-state index in [2.05, 4.69) is 5.32 Å². The van der Waals surface area contributed by atoms with Crippen molar-refractivity contribution in [2.24, 2.45) is 5.92 Å². The molecule has 1 heterocycles. The second kappa shape index (κ2) is 6.65. The van der Waals surface area contributed by atoms with Gasteiger partial charge in [0.25, 0.3) is 0 Å². The molecule has 1 N–H and O–H groups in total. The quantitative estimate of drug-likeness (QED) is 0.895. The van der Waals surface area contributed by atoms with Crippen LogP contribution in [0.2, 0.25) is 0 Å². The molecule has 5 nitrogen and oxygen atoms in total. The van der Waals surface area contributed by atoms with Gasteiger partial charge in [-0.05, 0) is 48.9 Å². The molecule has 1 aliphatic heterocycles. The average Bonchev–Trinajstić information content (AvgIpc) is 2.95. The van der Waals surface area contributed by atoms with Crippen molar-refractivity contribution in [2.75, 3.05) is 26.2 Å². The molecule has 3 aliphatic rings. The molecule has 0 aromatic heterocycles. The van der Waals surface area contributed by atoms with E-state index in [1.54, 1.807) is 17.0 Å². The van der Waals surface area contributed by atoms with Gasteiger partial charge in [0.1, 0.15) is 5.82 Å². The molecule has 0 radical (unpaired) electrons. The van der Waals surface area contributed by atoms with Crippen molar-refractivity contribution in [3.8, 4) is 0 Å². The summed E-state index contributed by atoms with van der Waals surface area (Å²) in [4.78, 5) is 28.5. The summed E-state index contributed by atoms with van der Waals surface area (Å²) in [5.74, 6) is 0.256. The fraction of sp³-hybridized carbons (Fsp3) is 0.579. The van der Waals surface area contributed by atoms with Crippen LogP contribution >= 0.6 is 0 Å².